The molecule has 0 aliphatic heterocycles. The highest BCUT2D eigenvalue weighted by atomic mass is 32.2. The van der Waals surface area contributed by atoms with Gasteiger partial charge in [0.1, 0.15) is 0 Å². The highest BCUT2D eigenvalue weighted by Crippen LogP contribution is 2.26. The predicted molar refractivity (Wildman–Crippen MR) is 61.6 cm³/mol. The number of hydrogen-bond donors (Lipinski definition) is 1. The Kier molecular flexibility index (Phi) is 3.28. The Hall–Kier alpha value is -1.63. The fourth-order valence-electron chi connectivity index (χ4n) is 1.37. The predicted octanol–water partition coefficient (Wildman–Crippen LogP) is 1.84. The minimum atomic E-state index is -0.552. The van der Waals surface area contributed by atoms with Gasteiger partial charge in [-0.2, -0.15) is 4.39 Å². The number of aromatic amines is 1. The average Bonchev–Trinajstić information content (AvgIpc) is 2.59. The van der Waals surface area contributed by atoms with Crippen LogP contribution in [0.3, 0.4) is 0 Å². The lowest BCUT2D eigenvalue weighted by Crippen LogP contribution is -2.19. The standard InChI is InChI=1S/C10H11FN4OS/c1-6(2)15-9(16)13-14-10(15)17-7-3-4-12-8(11)5-7/h3-6H,1-2H3,(H,13,16). The lowest BCUT2D eigenvalue weighted by molar-refractivity contribution is 0.534. The van der Waals surface area contributed by atoms with Gasteiger partial charge in [-0.05, 0) is 31.7 Å². The summed E-state index contributed by atoms with van der Waals surface area (Å²) in [7, 11) is 0. The maximum absolute atomic E-state index is 12.9. The van der Waals surface area contributed by atoms with Crippen LogP contribution in [-0.4, -0.2) is 19.7 Å². The summed E-state index contributed by atoms with van der Waals surface area (Å²) in [6.45, 7) is 3.77. The van der Waals surface area contributed by atoms with E-state index in [9.17, 15) is 9.18 Å². The summed E-state index contributed by atoms with van der Waals surface area (Å²) in [5.74, 6) is -0.552. The van der Waals surface area contributed by atoms with E-state index in [1.54, 1.807) is 6.07 Å². The Morgan fingerprint density at radius 3 is 2.94 bits per heavy atom. The quantitative estimate of drug-likeness (QED) is 0.849. The Labute approximate surface area is 101 Å². The van der Waals surface area contributed by atoms with Gasteiger partial charge >= 0.3 is 5.69 Å². The smallest absolute Gasteiger partial charge is 0.267 e. The molecular weight excluding hydrogens is 243 g/mol. The van der Waals surface area contributed by atoms with E-state index in [4.69, 9.17) is 0 Å². The molecule has 0 radical (unpaired) electrons. The lowest BCUT2D eigenvalue weighted by atomic mass is 10.4. The van der Waals surface area contributed by atoms with Crippen molar-refractivity contribution in [2.75, 3.05) is 0 Å². The molecule has 5 nitrogen and oxygen atoms in total. The number of pyridine rings is 1. The van der Waals surface area contributed by atoms with Gasteiger partial charge in [0.2, 0.25) is 5.95 Å². The SMILES string of the molecule is CC(C)n1c(Sc2ccnc(F)c2)n[nH]c1=O. The van der Waals surface area contributed by atoms with E-state index >= 15 is 0 Å². The molecule has 0 saturated heterocycles. The van der Waals surface area contributed by atoms with Gasteiger partial charge in [-0.25, -0.2) is 14.9 Å². The van der Waals surface area contributed by atoms with Crippen LogP contribution in [0.25, 0.3) is 0 Å². The summed E-state index contributed by atoms with van der Waals surface area (Å²) in [6, 6.07) is 2.96. The molecule has 0 atom stereocenters. The van der Waals surface area contributed by atoms with E-state index in [0.29, 0.717) is 10.1 Å². The zero-order valence-corrected chi connectivity index (χ0v) is 10.2. The van der Waals surface area contributed by atoms with Crippen molar-refractivity contribution in [2.45, 2.75) is 29.9 Å². The minimum absolute atomic E-state index is 0.00423. The number of nitrogens with one attached hydrogen (secondary N) is 1. The Morgan fingerprint density at radius 1 is 1.53 bits per heavy atom. The first-order chi connectivity index (χ1) is 8.08. The van der Waals surface area contributed by atoms with Gasteiger partial charge in [-0.15, -0.1) is 5.10 Å². The number of nitrogens with zero attached hydrogens (tertiary/aromatic N) is 3. The van der Waals surface area contributed by atoms with Crippen LogP contribution >= 0.6 is 11.8 Å². The largest absolute Gasteiger partial charge is 0.344 e. The van der Waals surface area contributed by atoms with Crippen LogP contribution in [0, 0.1) is 5.95 Å². The highest BCUT2D eigenvalue weighted by Gasteiger charge is 2.12. The molecule has 0 fully saturated rings. The fourth-order valence-corrected chi connectivity index (χ4v) is 2.35. The average molecular weight is 254 g/mol. The normalized spacial score (nSPS) is 11.1. The number of halogens is 1. The molecular formula is C10H11FN4OS. The van der Waals surface area contributed by atoms with E-state index in [1.807, 2.05) is 13.8 Å². The molecule has 0 saturated carbocycles. The molecule has 1 N–H and O–H groups in total. The Morgan fingerprint density at radius 2 is 2.29 bits per heavy atom. The van der Waals surface area contributed by atoms with Gasteiger partial charge in [0.25, 0.3) is 0 Å². The molecule has 90 valence electrons. The van der Waals surface area contributed by atoms with Crippen molar-refractivity contribution in [3.63, 3.8) is 0 Å². The zero-order chi connectivity index (χ0) is 12.4. The highest BCUT2D eigenvalue weighted by molar-refractivity contribution is 7.99. The second kappa shape index (κ2) is 4.70. The van der Waals surface area contributed by atoms with Crippen molar-refractivity contribution < 1.29 is 4.39 Å². The van der Waals surface area contributed by atoms with Gasteiger partial charge in [0, 0.05) is 23.2 Å². The van der Waals surface area contributed by atoms with E-state index < -0.39 is 5.95 Å². The second-order valence-electron chi connectivity index (χ2n) is 3.69. The third kappa shape index (κ3) is 2.55. The van der Waals surface area contributed by atoms with Crippen LogP contribution in [0.4, 0.5) is 4.39 Å². The van der Waals surface area contributed by atoms with Crippen LogP contribution in [0.5, 0.6) is 0 Å². The third-order valence-electron chi connectivity index (χ3n) is 2.10. The molecule has 0 bridgehead atoms. The first-order valence-electron chi connectivity index (χ1n) is 5.04. The first kappa shape index (κ1) is 11.8. The molecule has 2 aromatic heterocycles. The zero-order valence-electron chi connectivity index (χ0n) is 9.35. The molecule has 2 rings (SSSR count). The van der Waals surface area contributed by atoms with Crippen molar-refractivity contribution in [1.29, 1.82) is 0 Å². The van der Waals surface area contributed by atoms with Crippen LogP contribution in [0.2, 0.25) is 0 Å². The monoisotopic (exact) mass is 254 g/mol. The van der Waals surface area contributed by atoms with Crippen molar-refractivity contribution >= 4 is 11.8 Å². The first-order valence-corrected chi connectivity index (χ1v) is 5.86. The molecule has 0 aliphatic rings. The fraction of sp³-hybridized carbons (Fsp3) is 0.300. The van der Waals surface area contributed by atoms with E-state index in [-0.39, 0.29) is 11.7 Å². The molecule has 17 heavy (non-hydrogen) atoms. The molecule has 0 unspecified atom stereocenters. The molecule has 0 amide bonds. The van der Waals surface area contributed by atoms with Crippen molar-refractivity contribution in [1.82, 2.24) is 19.7 Å². The van der Waals surface area contributed by atoms with Crippen LogP contribution in [-0.2, 0) is 0 Å². The van der Waals surface area contributed by atoms with E-state index in [0.717, 1.165) is 0 Å². The molecule has 0 aliphatic carbocycles. The minimum Gasteiger partial charge on any atom is -0.267 e. The summed E-state index contributed by atoms with van der Waals surface area (Å²) >= 11 is 1.22. The summed E-state index contributed by atoms with van der Waals surface area (Å²) in [5.41, 5.74) is -0.267. The maximum atomic E-state index is 12.9. The van der Waals surface area contributed by atoms with Crippen molar-refractivity contribution in [3.8, 4) is 0 Å². The number of hydrogen-bond acceptors (Lipinski definition) is 4. The van der Waals surface area contributed by atoms with Gasteiger partial charge in [0.05, 0.1) is 0 Å². The molecule has 2 aromatic rings. The van der Waals surface area contributed by atoms with Crippen LogP contribution in [0.1, 0.15) is 19.9 Å². The number of H-pyrrole nitrogens is 1. The number of rotatable bonds is 3. The summed E-state index contributed by atoms with van der Waals surface area (Å²) in [4.78, 5) is 15.6. The van der Waals surface area contributed by atoms with Gasteiger partial charge in [0.15, 0.2) is 5.16 Å². The van der Waals surface area contributed by atoms with Crippen molar-refractivity contribution in [2.24, 2.45) is 0 Å². The van der Waals surface area contributed by atoms with Gasteiger partial charge < -0.3 is 0 Å². The van der Waals surface area contributed by atoms with E-state index in [2.05, 4.69) is 15.2 Å². The van der Waals surface area contributed by atoms with Gasteiger partial charge in [-0.1, -0.05) is 0 Å². The van der Waals surface area contributed by atoms with Crippen LogP contribution < -0.4 is 5.69 Å². The second-order valence-corrected chi connectivity index (χ2v) is 4.73. The number of aromatic nitrogens is 4. The van der Waals surface area contributed by atoms with Gasteiger partial charge in [-0.3, -0.25) is 4.57 Å². The molecule has 0 aromatic carbocycles. The lowest BCUT2D eigenvalue weighted by Gasteiger charge is -2.07. The summed E-state index contributed by atoms with van der Waals surface area (Å²) in [5, 5.41) is 6.80. The maximum Gasteiger partial charge on any atom is 0.344 e. The summed E-state index contributed by atoms with van der Waals surface area (Å²) in [6.07, 6.45) is 1.38. The Bertz CT molecular complexity index is 578. The topological polar surface area (TPSA) is 63.6 Å². The molecule has 0 spiro atoms. The van der Waals surface area contributed by atoms with Crippen LogP contribution in [0.15, 0.2) is 33.2 Å². The van der Waals surface area contributed by atoms with Crippen molar-refractivity contribution in [3.05, 3.63) is 34.8 Å². The summed E-state index contributed by atoms with van der Waals surface area (Å²) < 4.78 is 14.4. The Balaban J connectivity index is 2.34. The third-order valence-corrected chi connectivity index (χ3v) is 3.06. The molecule has 7 heteroatoms. The molecule has 2 heterocycles. The van der Waals surface area contributed by atoms with E-state index in [1.165, 1.54) is 28.6 Å².